The van der Waals surface area contributed by atoms with Crippen molar-refractivity contribution < 1.29 is 22.0 Å². The number of amides is 1. The number of rotatable bonds is 9. The van der Waals surface area contributed by atoms with Gasteiger partial charge in [-0.3, -0.25) is 14.4 Å². The standard InChI is InChI=1S/C37H43F2N5O3S/c1-24-40-31-10-6-7-11-33(31)44(24)29-22-27-12-13-28(23-29)43(27)21-20-37(25-8-4-3-5-9-25)18-16-26(17-19-37)41-36(45)34-30(38)14-15-32(35(34)39)42-48(2,46)47/h3-11,14-15,26-29,42H,12-13,16-23H2,1-2H3,(H,41,45)/t26?,27-,28+,29?,37?. The van der Waals surface area contributed by atoms with Gasteiger partial charge in [0, 0.05) is 24.2 Å². The summed E-state index contributed by atoms with van der Waals surface area (Å²) in [5.41, 5.74) is 2.29. The van der Waals surface area contributed by atoms with Gasteiger partial charge in [-0.1, -0.05) is 42.5 Å². The molecule has 2 saturated heterocycles. The number of aromatic nitrogens is 2. The Bertz CT molecular complexity index is 1910. The minimum absolute atomic E-state index is 0.0638. The number of nitrogens with one attached hydrogen (secondary N) is 2. The van der Waals surface area contributed by atoms with Gasteiger partial charge in [0.05, 0.1) is 23.0 Å². The van der Waals surface area contributed by atoms with Gasteiger partial charge in [0.15, 0.2) is 5.82 Å². The van der Waals surface area contributed by atoms with Gasteiger partial charge in [0.1, 0.15) is 17.2 Å². The maximum absolute atomic E-state index is 15.1. The van der Waals surface area contributed by atoms with Gasteiger partial charge in [-0.2, -0.15) is 0 Å². The molecule has 1 unspecified atom stereocenters. The lowest BCUT2D eigenvalue weighted by molar-refractivity contribution is 0.0847. The van der Waals surface area contributed by atoms with E-state index in [0.29, 0.717) is 31.0 Å². The van der Waals surface area contributed by atoms with Crippen molar-refractivity contribution in [3.05, 3.63) is 95.3 Å². The van der Waals surface area contributed by atoms with E-state index in [1.54, 1.807) is 0 Å². The first-order valence-corrected chi connectivity index (χ1v) is 18.9. The summed E-state index contributed by atoms with van der Waals surface area (Å²) >= 11 is 0. The summed E-state index contributed by atoms with van der Waals surface area (Å²) < 4.78 is 57.6. The zero-order valence-corrected chi connectivity index (χ0v) is 28.3. The number of halogens is 2. The van der Waals surface area contributed by atoms with Gasteiger partial charge in [-0.25, -0.2) is 22.2 Å². The van der Waals surface area contributed by atoms with Crippen LogP contribution in [0.2, 0.25) is 0 Å². The molecule has 3 heterocycles. The van der Waals surface area contributed by atoms with E-state index in [0.717, 1.165) is 68.4 Å². The highest BCUT2D eigenvalue weighted by Gasteiger charge is 2.44. The number of carbonyl (C=O) groups excluding carboxylic acids is 1. The van der Waals surface area contributed by atoms with E-state index < -0.39 is 38.8 Å². The molecule has 0 radical (unpaired) electrons. The quantitative estimate of drug-likeness (QED) is 0.202. The number of anilines is 1. The molecule has 8 nitrogen and oxygen atoms in total. The van der Waals surface area contributed by atoms with Crippen LogP contribution in [0.25, 0.3) is 11.0 Å². The number of carbonyl (C=O) groups is 1. The van der Waals surface area contributed by atoms with E-state index in [-0.39, 0.29) is 11.5 Å². The molecule has 254 valence electrons. The van der Waals surface area contributed by atoms with Gasteiger partial charge in [-0.05, 0) is 106 Å². The molecule has 7 rings (SSSR count). The molecule has 2 N–H and O–H groups in total. The second-order valence-electron chi connectivity index (χ2n) is 14.1. The first kappa shape index (κ1) is 32.7. The van der Waals surface area contributed by atoms with E-state index >= 15 is 4.39 Å². The Hall–Kier alpha value is -3.83. The highest BCUT2D eigenvalue weighted by molar-refractivity contribution is 7.92. The van der Waals surface area contributed by atoms with Crippen LogP contribution in [0.3, 0.4) is 0 Å². The number of piperidine rings is 1. The smallest absolute Gasteiger partial charge is 0.257 e. The van der Waals surface area contributed by atoms with Crippen LogP contribution in [-0.4, -0.2) is 59.7 Å². The summed E-state index contributed by atoms with van der Waals surface area (Å²) in [5, 5.41) is 2.85. The van der Waals surface area contributed by atoms with E-state index in [9.17, 15) is 17.6 Å². The topological polar surface area (TPSA) is 96.3 Å². The van der Waals surface area contributed by atoms with Gasteiger partial charge in [-0.15, -0.1) is 0 Å². The Kier molecular flexibility index (Phi) is 8.78. The fraction of sp³-hybridized carbons (Fsp3) is 0.459. The molecule has 11 heteroatoms. The van der Waals surface area contributed by atoms with Crippen LogP contribution < -0.4 is 10.0 Å². The monoisotopic (exact) mass is 675 g/mol. The molecule has 48 heavy (non-hydrogen) atoms. The van der Waals surface area contributed by atoms with Crippen molar-refractivity contribution in [2.24, 2.45) is 0 Å². The molecular weight excluding hydrogens is 633 g/mol. The number of fused-ring (bicyclic) bond motifs is 3. The molecule has 1 aromatic heterocycles. The van der Waals surface area contributed by atoms with Crippen molar-refractivity contribution in [2.45, 2.75) is 94.3 Å². The number of hydrogen-bond donors (Lipinski definition) is 2. The first-order chi connectivity index (χ1) is 23.0. The molecule has 3 fully saturated rings. The van der Waals surface area contributed by atoms with Crippen LogP contribution in [0.15, 0.2) is 66.7 Å². The van der Waals surface area contributed by atoms with Gasteiger partial charge >= 0.3 is 0 Å². The third-order valence-corrected chi connectivity index (χ3v) is 11.7. The molecule has 3 aliphatic rings. The van der Waals surface area contributed by atoms with Crippen LogP contribution in [-0.2, 0) is 15.4 Å². The lowest BCUT2D eigenvalue weighted by Gasteiger charge is -2.45. The molecule has 4 aromatic rings. The average Bonchev–Trinajstić information content (AvgIpc) is 3.52. The second kappa shape index (κ2) is 12.9. The van der Waals surface area contributed by atoms with Crippen LogP contribution in [0, 0.1) is 18.6 Å². The Morgan fingerprint density at radius 3 is 2.27 bits per heavy atom. The number of benzene rings is 3. The predicted molar refractivity (Wildman–Crippen MR) is 184 cm³/mol. The lowest BCUT2D eigenvalue weighted by atomic mass is 9.66. The maximum atomic E-state index is 15.1. The molecule has 1 amide bonds. The third kappa shape index (κ3) is 6.34. The Labute approximate surface area is 281 Å². The molecule has 0 spiro atoms. The largest absolute Gasteiger partial charge is 0.349 e. The van der Waals surface area contributed by atoms with Crippen molar-refractivity contribution in [3.8, 4) is 0 Å². The van der Waals surface area contributed by atoms with Crippen molar-refractivity contribution in [1.82, 2.24) is 19.8 Å². The Morgan fingerprint density at radius 1 is 0.917 bits per heavy atom. The molecule has 1 aliphatic carbocycles. The highest BCUT2D eigenvalue weighted by Crippen LogP contribution is 2.46. The first-order valence-electron chi connectivity index (χ1n) is 17.0. The van der Waals surface area contributed by atoms with E-state index in [1.807, 2.05) is 10.8 Å². The summed E-state index contributed by atoms with van der Waals surface area (Å²) in [6.07, 6.45) is 9.58. The fourth-order valence-electron chi connectivity index (χ4n) is 8.88. The molecule has 3 atom stereocenters. The van der Waals surface area contributed by atoms with Crippen LogP contribution in [0.5, 0.6) is 0 Å². The third-order valence-electron chi connectivity index (χ3n) is 11.1. The molecule has 3 aromatic carbocycles. The van der Waals surface area contributed by atoms with E-state index in [4.69, 9.17) is 4.98 Å². The summed E-state index contributed by atoms with van der Waals surface area (Å²) in [6.45, 7) is 3.13. The summed E-state index contributed by atoms with van der Waals surface area (Å²) in [7, 11) is -3.81. The fourth-order valence-corrected chi connectivity index (χ4v) is 9.43. The van der Waals surface area contributed by atoms with E-state index in [1.165, 1.54) is 23.9 Å². The van der Waals surface area contributed by atoms with E-state index in [2.05, 4.69) is 70.2 Å². The SMILES string of the molecule is Cc1nc2ccccc2n1C1C[C@H]2CC[C@@H](C1)N2CCC1(c2ccccc2)CCC(NC(=O)c2c(F)ccc(NS(C)(=O)=O)c2F)CC1. The molecule has 2 aliphatic heterocycles. The number of imidazole rings is 1. The molecular formula is C37H43F2N5O3S. The van der Waals surface area contributed by atoms with Crippen molar-refractivity contribution in [1.29, 1.82) is 0 Å². The average molecular weight is 676 g/mol. The zero-order chi connectivity index (χ0) is 33.6. The van der Waals surface area contributed by atoms with Crippen molar-refractivity contribution in [2.75, 3.05) is 17.5 Å². The maximum Gasteiger partial charge on any atom is 0.257 e. The second-order valence-corrected chi connectivity index (χ2v) is 15.8. The lowest BCUT2D eigenvalue weighted by Crippen LogP contribution is -2.47. The van der Waals surface area contributed by atoms with Crippen LogP contribution >= 0.6 is 0 Å². The summed E-state index contributed by atoms with van der Waals surface area (Å²) in [5.74, 6) is -2.04. The van der Waals surface area contributed by atoms with Crippen LogP contribution in [0.1, 0.15) is 85.6 Å². The minimum Gasteiger partial charge on any atom is -0.349 e. The number of para-hydroxylation sites is 2. The molecule has 2 bridgehead atoms. The Balaban J connectivity index is 1.03. The van der Waals surface area contributed by atoms with Gasteiger partial charge in [0.2, 0.25) is 10.0 Å². The number of hydrogen-bond acceptors (Lipinski definition) is 5. The zero-order valence-electron chi connectivity index (χ0n) is 27.5. The van der Waals surface area contributed by atoms with Gasteiger partial charge < -0.3 is 9.88 Å². The normalized spacial score (nSPS) is 26.1. The van der Waals surface area contributed by atoms with Crippen molar-refractivity contribution in [3.63, 3.8) is 0 Å². The van der Waals surface area contributed by atoms with Gasteiger partial charge in [0.25, 0.3) is 5.91 Å². The predicted octanol–water partition coefficient (Wildman–Crippen LogP) is 6.86. The Morgan fingerprint density at radius 2 is 1.58 bits per heavy atom. The number of sulfonamides is 1. The molecule has 1 saturated carbocycles. The summed E-state index contributed by atoms with van der Waals surface area (Å²) in [4.78, 5) is 20.7. The highest BCUT2D eigenvalue weighted by atomic mass is 32.2. The van der Waals surface area contributed by atoms with Crippen LogP contribution in [0.4, 0.5) is 14.5 Å². The number of aryl methyl sites for hydroxylation is 1. The van der Waals surface area contributed by atoms with Crippen molar-refractivity contribution >= 4 is 32.7 Å². The minimum atomic E-state index is -3.81. The summed E-state index contributed by atoms with van der Waals surface area (Å²) in [6, 6.07) is 22.2. The number of nitrogens with zero attached hydrogens (tertiary/aromatic N) is 3.